The van der Waals surface area contributed by atoms with Gasteiger partial charge in [0.2, 0.25) is 5.88 Å². The van der Waals surface area contributed by atoms with Crippen molar-refractivity contribution in [2.45, 2.75) is 18.6 Å². The highest BCUT2D eigenvalue weighted by Crippen LogP contribution is 2.18. The van der Waals surface area contributed by atoms with E-state index >= 15 is 0 Å². The van der Waals surface area contributed by atoms with Crippen LogP contribution in [0.25, 0.3) is 0 Å². The summed E-state index contributed by atoms with van der Waals surface area (Å²) in [5.41, 5.74) is 0.183. The Morgan fingerprint density at radius 1 is 1.35 bits per heavy atom. The molecule has 1 aliphatic rings. The number of hydrogen-bond donors (Lipinski definition) is 2. The van der Waals surface area contributed by atoms with Gasteiger partial charge in [-0.25, -0.2) is 4.98 Å². The highest BCUT2D eigenvalue weighted by Gasteiger charge is 2.30. The summed E-state index contributed by atoms with van der Waals surface area (Å²) >= 11 is 0. The summed E-state index contributed by atoms with van der Waals surface area (Å²) < 4.78 is 11.2. The molecule has 1 saturated heterocycles. The normalized spacial score (nSPS) is 20.7. The van der Waals surface area contributed by atoms with Crippen molar-refractivity contribution in [2.24, 2.45) is 0 Å². The maximum absolute atomic E-state index is 12.3. The molecule has 1 fully saturated rings. The summed E-state index contributed by atoms with van der Waals surface area (Å²) in [5.74, 6) is -0.0420. The van der Waals surface area contributed by atoms with Crippen LogP contribution in [0.3, 0.4) is 0 Å². The van der Waals surface area contributed by atoms with Gasteiger partial charge in [0.25, 0.3) is 5.91 Å². The molecule has 7 heteroatoms. The van der Waals surface area contributed by atoms with Crippen molar-refractivity contribution in [3.8, 4) is 11.6 Å². The first kappa shape index (κ1) is 15.2. The summed E-state index contributed by atoms with van der Waals surface area (Å²) in [6.45, 7) is 0.902. The second kappa shape index (κ2) is 7.06. The SMILES string of the molecule is O=C(N[C@@H]1CCOC[C@H]1Oc1ccccn1)c1ccncc1O. The number of pyridine rings is 2. The Hall–Kier alpha value is -2.67. The molecular formula is C16H17N3O4. The van der Waals surface area contributed by atoms with Gasteiger partial charge in [-0.3, -0.25) is 9.78 Å². The number of nitrogens with one attached hydrogen (secondary N) is 1. The minimum absolute atomic E-state index is 0.153. The fourth-order valence-electron chi connectivity index (χ4n) is 2.39. The summed E-state index contributed by atoms with van der Waals surface area (Å²) in [7, 11) is 0. The molecular weight excluding hydrogens is 298 g/mol. The average molecular weight is 315 g/mol. The van der Waals surface area contributed by atoms with E-state index in [2.05, 4.69) is 15.3 Å². The molecule has 1 aliphatic heterocycles. The molecule has 23 heavy (non-hydrogen) atoms. The molecule has 0 unspecified atom stereocenters. The molecule has 0 aliphatic carbocycles. The molecule has 0 spiro atoms. The molecule has 2 N–H and O–H groups in total. The van der Waals surface area contributed by atoms with Crippen LogP contribution in [0.1, 0.15) is 16.8 Å². The third-order valence-corrected chi connectivity index (χ3v) is 3.58. The van der Waals surface area contributed by atoms with Crippen molar-refractivity contribution < 1.29 is 19.4 Å². The lowest BCUT2D eigenvalue weighted by Crippen LogP contribution is -2.51. The van der Waals surface area contributed by atoms with Gasteiger partial charge in [0.05, 0.1) is 24.4 Å². The molecule has 3 rings (SSSR count). The zero-order chi connectivity index (χ0) is 16.1. The number of aromatic nitrogens is 2. The molecule has 0 radical (unpaired) electrons. The number of carbonyl (C=O) groups is 1. The molecule has 0 bridgehead atoms. The van der Waals surface area contributed by atoms with Gasteiger partial charge in [0.15, 0.2) is 0 Å². The molecule has 3 heterocycles. The molecule has 7 nitrogen and oxygen atoms in total. The van der Waals surface area contributed by atoms with Crippen molar-refractivity contribution in [1.29, 1.82) is 0 Å². The van der Waals surface area contributed by atoms with Crippen LogP contribution in [0, 0.1) is 0 Å². The molecule has 2 atom stereocenters. The van der Waals surface area contributed by atoms with Crippen molar-refractivity contribution in [1.82, 2.24) is 15.3 Å². The van der Waals surface area contributed by atoms with Crippen LogP contribution in [-0.2, 0) is 4.74 Å². The number of nitrogens with zero attached hydrogens (tertiary/aromatic N) is 2. The van der Waals surface area contributed by atoms with Crippen molar-refractivity contribution in [3.63, 3.8) is 0 Å². The lowest BCUT2D eigenvalue weighted by Gasteiger charge is -2.32. The van der Waals surface area contributed by atoms with Crippen molar-refractivity contribution in [3.05, 3.63) is 48.4 Å². The fourth-order valence-corrected chi connectivity index (χ4v) is 2.39. The molecule has 1 amide bonds. The van der Waals surface area contributed by atoms with Crippen LogP contribution in [0.15, 0.2) is 42.9 Å². The van der Waals surface area contributed by atoms with Crippen LogP contribution in [0.2, 0.25) is 0 Å². The third kappa shape index (κ3) is 3.75. The van der Waals surface area contributed by atoms with Gasteiger partial charge in [-0.15, -0.1) is 0 Å². The van der Waals surface area contributed by atoms with Crippen LogP contribution < -0.4 is 10.1 Å². The van der Waals surface area contributed by atoms with E-state index in [0.29, 0.717) is 25.5 Å². The minimum Gasteiger partial charge on any atom is -0.505 e. The van der Waals surface area contributed by atoms with Gasteiger partial charge < -0.3 is 19.9 Å². The maximum Gasteiger partial charge on any atom is 0.255 e. The van der Waals surface area contributed by atoms with Crippen LogP contribution in [0.5, 0.6) is 11.6 Å². The first-order valence-electron chi connectivity index (χ1n) is 7.33. The van der Waals surface area contributed by atoms with E-state index in [1.807, 2.05) is 6.07 Å². The number of carbonyl (C=O) groups excluding carboxylic acids is 1. The topological polar surface area (TPSA) is 93.6 Å². The minimum atomic E-state index is -0.369. The van der Waals surface area contributed by atoms with Crippen molar-refractivity contribution in [2.75, 3.05) is 13.2 Å². The zero-order valence-corrected chi connectivity index (χ0v) is 12.4. The van der Waals surface area contributed by atoms with Gasteiger partial charge in [0, 0.05) is 25.1 Å². The predicted octanol–water partition coefficient (Wildman–Crippen LogP) is 1.15. The second-order valence-electron chi connectivity index (χ2n) is 5.16. The fraction of sp³-hybridized carbons (Fsp3) is 0.312. The largest absolute Gasteiger partial charge is 0.505 e. The summed E-state index contributed by atoms with van der Waals surface area (Å²) in [6.07, 6.45) is 4.62. The Balaban J connectivity index is 1.69. The van der Waals surface area contributed by atoms with E-state index in [9.17, 15) is 9.90 Å². The monoisotopic (exact) mass is 315 g/mol. The molecule has 2 aromatic rings. The summed E-state index contributed by atoms with van der Waals surface area (Å²) in [6, 6.07) is 6.62. The van der Waals surface area contributed by atoms with Crippen molar-refractivity contribution >= 4 is 5.91 Å². The third-order valence-electron chi connectivity index (χ3n) is 3.58. The van der Waals surface area contributed by atoms with Gasteiger partial charge in [-0.05, 0) is 18.6 Å². The van der Waals surface area contributed by atoms with E-state index in [1.165, 1.54) is 18.5 Å². The lowest BCUT2D eigenvalue weighted by atomic mass is 10.1. The van der Waals surface area contributed by atoms with Gasteiger partial charge in [-0.1, -0.05) is 6.07 Å². The number of ether oxygens (including phenoxy) is 2. The first-order chi connectivity index (χ1) is 11.2. The van der Waals surface area contributed by atoms with Crippen LogP contribution in [0.4, 0.5) is 0 Å². The summed E-state index contributed by atoms with van der Waals surface area (Å²) in [4.78, 5) is 20.2. The Kier molecular flexibility index (Phi) is 4.68. The molecule has 2 aromatic heterocycles. The Bertz CT molecular complexity index is 665. The average Bonchev–Trinajstić information content (AvgIpc) is 2.58. The highest BCUT2D eigenvalue weighted by atomic mass is 16.5. The number of hydrogen-bond acceptors (Lipinski definition) is 6. The quantitative estimate of drug-likeness (QED) is 0.879. The highest BCUT2D eigenvalue weighted by molar-refractivity contribution is 5.96. The second-order valence-corrected chi connectivity index (χ2v) is 5.16. The van der Waals surface area contributed by atoms with E-state index < -0.39 is 0 Å². The number of aromatic hydroxyl groups is 1. The Morgan fingerprint density at radius 2 is 2.26 bits per heavy atom. The van der Waals surface area contributed by atoms with Gasteiger partial charge in [0.1, 0.15) is 11.9 Å². The van der Waals surface area contributed by atoms with E-state index in [-0.39, 0.29) is 29.4 Å². The number of rotatable bonds is 4. The Morgan fingerprint density at radius 3 is 3.04 bits per heavy atom. The van der Waals surface area contributed by atoms with E-state index in [1.54, 1.807) is 18.3 Å². The standard InChI is InChI=1S/C16H17N3O4/c20-13-9-17-7-4-11(13)16(21)19-12-5-8-22-10-14(12)23-15-3-1-2-6-18-15/h1-4,6-7,9,12,14,20H,5,8,10H2,(H,19,21)/t12-,14-/m1/s1. The van der Waals surface area contributed by atoms with E-state index in [0.717, 1.165) is 0 Å². The maximum atomic E-state index is 12.3. The van der Waals surface area contributed by atoms with Crippen LogP contribution >= 0.6 is 0 Å². The lowest BCUT2D eigenvalue weighted by molar-refractivity contribution is -0.0153. The molecule has 120 valence electrons. The molecule has 0 saturated carbocycles. The van der Waals surface area contributed by atoms with Crippen LogP contribution in [-0.4, -0.2) is 46.3 Å². The first-order valence-corrected chi connectivity index (χ1v) is 7.33. The predicted molar refractivity (Wildman–Crippen MR) is 81.2 cm³/mol. The Labute approximate surface area is 133 Å². The molecule has 0 aromatic carbocycles. The number of amides is 1. The van der Waals surface area contributed by atoms with Gasteiger partial charge >= 0.3 is 0 Å². The van der Waals surface area contributed by atoms with Gasteiger partial charge in [-0.2, -0.15) is 0 Å². The zero-order valence-electron chi connectivity index (χ0n) is 12.4. The van der Waals surface area contributed by atoms with E-state index in [4.69, 9.17) is 9.47 Å². The summed E-state index contributed by atoms with van der Waals surface area (Å²) in [5, 5.41) is 12.6. The smallest absolute Gasteiger partial charge is 0.255 e.